The van der Waals surface area contributed by atoms with Gasteiger partial charge < -0.3 is 14.4 Å². The van der Waals surface area contributed by atoms with Crippen molar-refractivity contribution in [2.75, 3.05) is 37.7 Å². The number of rotatable bonds is 8. The van der Waals surface area contributed by atoms with Gasteiger partial charge in [0.15, 0.2) is 12.1 Å². The van der Waals surface area contributed by atoms with Crippen LogP contribution in [0.1, 0.15) is 53.9 Å². The van der Waals surface area contributed by atoms with Crippen LogP contribution in [0.4, 0.5) is 5.13 Å². The van der Waals surface area contributed by atoms with Gasteiger partial charge in [0.25, 0.3) is 0 Å². The molecule has 202 valence electrons. The normalized spacial score (nSPS) is 20.0. The second kappa shape index (κ2) is 12.6. The summed E-state index contributed by atoms with van der Waals surface area (Å²) < 4.78 is 17.1. The maximum atomic E-state index is 6.44. The number of hydrogen-bond donors (Lipinski definition) is 0. The Morgan fingerprint density at radius 2 is 1.49 bits per heavy atom. The second-order valence-corrected chi connectivity index (χ2v) is 11.2. The molecule has 6 nitrogen and oxygen atoms in total. The molecule has 0 bridgehead atoms. The Morgan fingerprint density at radius 3 is 2.15 bits per heavy atom. The molecule has 4 aromatic rings. The summed E-state index contributed by atoms with van der Waals surface area (Å²) in [7, 11) is 0. The highest BCUT2D eigenvalue weighted by molar-refractivity contribution is 7.09. The summed E-state index contributed by atoms with van der Waals surface area (Å²) >= 11 is 7.66. The molecular weight excluding hydrogens is 528 g/mol. The fourth-order valence-electron chi connectivity index (χ4n) is 5.41. The molecule has 0 amide bonds. The van der Waals surface area contributed by atoms with Gasteiger partial charge >= 0.3 is 0 Å². The number of hydrogen-bond acceptors (Lipinski definition) is 7. The predicted octanol–water partition coefficient (Wildman–Crippen LogP) is 6.74. The van der Waals surface area contributed by atoms with Gasteiger partial charge in [-0.05, 0) is 48.1 Å². The van der Waals surface area contributed by atoms with E-state index in [1.165, 1.54) is 22.7 Å². The van der Waals surface area contributed by atoms with Crippen molar-refractivity contribution in [1.29, 1.82) is 0 Å². The zero-order valence-corrected chi connectivity index (χ0v) is 23.4. The fraction of sp³-hybridized carbons (Fsp3) is 0.355. The van der Waals surface area contributed by atoms with Crippen LogP contribution in [0.25, 0.3) is 0 Å². The molecule has 2 aliphatic heterocycles. The molecule has 1 aromatic heterocycles. The molecule has 8 heteroatoms. The van der Waals surface area contributed by atoms with Crippen molar-refractivity contribution in [3.63, 3.8) is 0 Å². The average molecular weight is 561 g/mol. The maximum Gasteiger partial charge on any atom is 0.205 e. The molecule has 3 aromatic carbocycles. The number of ether oxygens (including phenoxy) is 2. The summed E-state index contributed by atoms with van der Waals surface area (Å²) in [5, 5.41) is 1.71. The van der Waals surface area contributed by atoms with Crippen LogP contribution >= 0.6 is 23.1 Å². The van der Waals surface area contributed by atoms with Crippen molar-refractivity contribution < 1.29 is 9.47 Å². The van der Waals surface area contributed by atoms with Crippen LogP contribution < -0.4 is 4.90 Å². The number of aromatic nitrogens is 2. The van der Waals surface area contributed by atoms with E-state index in [2.05, 4.69) is 64.4 Å². The van der Waals surface area contributed by atoms with E-state index in [4.69, 9.17) is 30.4 Å². The Hall–Kier alpha value is -2.81. The van der Waals surface area contributed by atoms with Gasteiger partial charge in [0.2, 0.25) is 5.13 Å². The number of halogens is 1. The van der Waals surface area contributed by atoms with E-state index >= 15 is 0 Å². The molecular formula is C31H33ClN4O2S. The summed E-state index contributed by atoms with van der Waals surface area (Å²) in [4.78, 5) is 9.89. The summed E-state index contributed by atoms with van der Waals surface area (Å²) in [5.41, 5.74) is 3.60. The van der Waals surface area contributed by atoms with Gasteiger partial charge in [-0.25, -0.2) is 4.98 Å². The largest absolute Gasteiger partial charge is 0.353 e. The topological polar surface area (TPSA) is 50.7 Å². The second-order valence-electron chi connectivity index (χ2n) is 10.0. The molecule has 39 heavy (non-hydrogen) atoms. The van der Waals surface area contributed by atoms with Crippen molar-refractivity contribution >= 4 is 28.3 Å². The van der Waals surface area contributed by atoms with E-state index in [0.717, 1.165) is 67.8 Å². The monoisotopic (exact) mass is 560 g/mol. The van der Waals surface area contributed by atoms with E-state index in [9.17, 15) is 0 Å². The quantitative estimate of drug-likeness (QED) is 0.238. The molecule has 3 heterocycles. The lowest BCUT2D eigenvalue weighted by atomic mass is 9.96. The zero-order valence-electron chi connectivity index (χ0n) is 21.9. The third kappa shape index (κ3) is 6.34. The number of anilines is 1. The highest BCUT2D eigenvalue weighted by Gasteiger charge is 2.30. The SMILES string of the molecule is Clc1ccc(C(c2ccccc2)N2CCN(c3nc(C(OC4CCCCO4)c4ccccc4)ns3)CC2)cc1. The Bertz CT molecular complexity index is 1310. The zero-order chi connectivity index (χ0) is 26.4. The van der Waals surface area contributed by atoms with Gasteiger partial charge in [0.1, 0.15) is 6.10 Å². The summed E-state index contributed by atoms with van der Waals surface area (Å²) in [6, 6.07) is 29.4. The molecule has 3 atom stereocenters. The van der Waals surface area contributed by atoms with Crippen LogP contribution in [0, 0.1) is 0 Å². The van der Waals surface area contributed by atoms with Crippen LogP contribution in [0.5, 0.6) is 0 Å². The van der Waals surface area contributed by atoms with Gasteiger partial charge in [-0.15, -0.1) is 0 Å². The summed E-state index contributed by atoms with van der Waals surface area (Å²) in [6.45, 7) is 4.35. The van der Waals surface area contributed by atoms with E-state index in [1.54, 1.807) is 0 Å². The number of piperazine rings is 1. The Balaban J connectivity index is 1.17. The first-order valence-corrected chi connectivity index (χ1v) is 14.8. The fourth-order valence-corrected chi connectivity index (χ4v) is 6.28. The molecule has 3 unspecified atom stereocenters. The predicted molar refractivity (Wildman–Crippen MR) is 156 cm³/mol. The highest BCUT2D eigenvalue weighted by atomic mass is 35.5. The van der Waals surface area contributed by atoms with Crippen LogP contribution in [0.3, 0.4) is 0 Å². The number of nitrogens with zero attached hydrogens (tertiary/aromatic N) is 4. The van der Waals surface area contributed by atoms with Crippen LogP contribution in [0.15, 0.2) is 84.9 Å². The van der Waals surface area contributed by atoms with Crippen molar-refractivity contribution in [2.24, 2.45) is 0 Å². The lowest BCUT2D eigenvalue weighted by Gasteiger charge is -2.39. The number of benzene rings is 3. The summed E-state index contributed by atoms with van der Waals surface area (Å²) in [6.07, 6.45) is 2.55. The minimum Gasteiger partial charge on any atom is -0.353 e. The molecule has 0 saturated carbocycles. The third-order valence-corrected chi connectivity index (χ3v) is 8.49. The van der Waals surface area contributed by atoms with Crippen LogP contribution in [-0.2, 0) is 9.47 Å². The van der Waals surface area contributed by atoms with E-state index in [0.29, 0.717) is 5.82 Å². The minimum absolute atomic E-state index is 0.182. The molecule has 6 rings (SSSR count). The lowest BCUT2D eigenvalue weighted by molar-refractivity contribution is -0.182. The first kappa shape index (κ1) is 26.4. The smallest absolute Gasteiger partial charge is 0.205 e. The summed E-state index contributed by atoms with van der Waals surface area (Å²) in [5.74, 6) is 0.709. The van der Waals surface area contributed by atoms with Crippen LogP contribution in [0.2, 0.25) is 5.02 Å². The molecule has 0 radical (unpaired) electrons. The lowest BCUT2D eigenvalue weighted by Crippen LogP contribution is -2.48. The molecule has 2 saturated heterocycles. The molecule has 0 N–H and O–H groups in total. The van der Waals surface area contributed by atoms with Gasteiger partial charge in [-0.1, -0.05) is 84.4 Å². The van der Waals surface area contributed by atoms with Crippen molar-refractivity contribution in [2.45, 2.75) is 37.7 Å². The van der Waals surface area contributed by atoms with Gasteiger partial charge in [-0.3, -0.25) is 4.90 Å². The molecule has 0 spiro atoms. The van der Waals surface area contributed by atoms with Crippen molar-refractivity contribution in [3.8, 4) is 0 Å². The maximum absolute atomic E-state index is 6.44. The van der Waals surface area contributed by atoms with Gasteiger partial charge in [0.05, 0.1) is 6.04 Å². The Kier molecular flexibility index (Phi) is 8.52. The molecule has 0 aliphatic carbocycles. The third-order valence-electron chi connectivity index (χ3n) is 7.44. The van der Waals surface area contributed by atoms with E-state index < -0.39 is 0 Å². The van der Waals surface area contributed by atoms with Gasteiger partial charge in [-0.2, -0.15) is 4.37 Å². The van der Waals surface area contributed by atoms with E-state index in [-0.39, 0.29) is 18.4 Å². The van der Waals surface area contributed by atoms with Crippen LogP contribution in [-0.4, -0.2) is 53.3 Å². The van der Waals surface area contributed by atoms with E-state index in [1.807, 2.05) is 30.3 Å². The van der Waals surface area contributed by atoms with Gasteiger partial charge in [0, 0.05) is 49.3 Å². The first-order chi connectivity index (χ1) is 19.2. The van der Waals surface area contributed by atoms with Crippen molar-refractivity contribution in [1.82, 2.24) is 14.3 Å². The Labute approximate surface area is 239 Å². The van der Waals surface area contributed by atoms with Crippen molar-refractivity contribution in [3.05, 3.63) is 112 Å². The molecule has 2 aliphatic rings. The molecule has 2 fully saturated rings. The Morgan fingerprint density at radius 1 is 0.821 bits per heavy atom. The average Bonchev–Trinajstić information content (AvgIpc) is 3.49. The standard InChI is InChI=1S/C31H33ClN4O2S/c32-26-16-14-24(15-17-26)28(23-9-3-1-4-10-23)35-18-20-36(21-19-35)31-33-30(34-39-31)29(25-11-5-2-6-12-25)38-27-13-7-8-22-37-27/h1-6,9-12,14-17,27-29H,7-8,13,18-22H2. The highest BCUT2D eigenvalue weighted by Crippen LogP contribution is 2.34. The minimum atomic E-state index is -0.340. The first-order valence-electron chi connectivity index (χ1n) is 13.7.